The summed E-state index contributed by atoms with van der Waals surface area (Å²) >= 11 is 0. The van der Waals surface area contributed by atoms with E-state index in [0.717, 1.165) is 22.3 Å². The molecule has 5 heteroatoms. The van der Waals surface area contributed by atoms with Crippen molar-refractivity contribution in [2.45, 2.75) is 19.8 Å². The summed E-state index contributed by atoms with van der Waals surface area (Å²) in [6.07, 6.45) is 1.79. The van der Waals surface area contributed by atoms with E-state index in [2.05, 4.69) is 29.1 Å². The molecule has 0 amide bonds. The van der Waals surface area contributed by atoms with E-state index in [1.807, 2.05) is 30.3 Å². The van der Waals surface area contributed by atoms with Gasteiger partial charge in [-0.1, -0.05) is 25.1 Å². The summed E-state index contributed by atoms with van der Waals surface area (Å²) in [7, 11) is 0. The minimum atomic E-state index is 0.264. The van der Waals surface area contributed by atoms with E-state index in [0.29, 0.717) is 5.82 Å². The monoisotopic (exact) mass is 253 g/mol. The number of hydrogen-bond donors (Lipinski definition) is 1. The number of benzene rings is 1. The first kappa shape index (κ1) is 11.6. The first-order chi connectivity index (χ1) is 9.16. The summed E-state index contributed by atoms with van der Waals surface area (Å²) in [5.74, 6) is 0.751. The van der Waals surface area contributed by atoms with Crippen LogP contribution in [0.4, 0.5) is 5.82 Å². The number of fused-ring (bicyclic) bond motifs is 1. The molecule has 2 N–H and O–H groups in total. The van der Waals surface area contributed by atoms with Crippen LogP contribution in [0, 0.1) is 0 Å². The highest BCUT2D eigenvalue weighted by atomic mass is 15.4. The summed E-state index contributed by atoms with van der Waals surface area (Å²) in [5, 5.41) is 9.18. The zero-order valence-electron chi connectivity index (χ0n) is 10.9. The quantitative estimate of drug-likeness (QED) is 0.761. The van der Waals surface area contributed by atoms with Crippen molar-refractivity contribution in [2.75, 3.05) is 5.73 Å². The molecule has 96 valence electrons. The van der Waals surface area contributed by atoms with Crippen molar-refractivity contribution in [1.82, 2.24) is 20.0 Å². The molecule has 0 aliphatic heterocycles. The summed E-state index contributed by atoms with van der Waals surface area (Å²) in [5.41, 5.74) is 8.73. The molecule has 0 radical (unpaired) electrons. The van der Waals surface area contributed by atoms with Gasteiger partial charge in [-0.25, -0.2) is 4.68 Å². The van der Waals surface area contributed by atoms with Crippen LogP contribution in [0.1, 0.15) is 25.5 Å². The molecule has 0 atom stereocenters. The lowest BCUT2D eigenvalue weighted by atomic mass is 10.1. The van der Waals surface area contributed by atoms with Crippen molar-refractivity contribution >= 4 is 16.7 Å². The van der Waals surface area contributed by atoms with Crippen LogP contribution in [0.3, 0.4) is 0 Å². The number of hydrogen-bond acceptors (Lipinski definition) is 4. The lowest BCUT2D eigenvalue weighted by Gasteiger charge is -2.10. The maximum absolute atomic E-state index is 5.89. The Morgan fingerprint density at radius 1 is 1.21 bits per heavy atom. The maximum Gasteiger partial charge on any atom is 0.169 e. The smallest absolute Gasteiger partial charge is 0.169 e. The summed E-state index contributed by atoms with van der Waals surface area (Å²) in [6, 6.07) is 9.96. The van der Waals surface area contributed by atoms with Crippen LogP contribution in [0.2, 0.25) is 0 Å². The van der Waals surface area contributed by atoms with Gasteiger partial charge in [0, 0.05) is 11.6 Å². The molecule has 2 aromatic heterocycles. The number of rotatable bonds is 2. The minimum Gasteiger partial charge on any atom is -0.381 e. The average molecular weight is 253 g/mol. The molecule has 0 saturated heterocycles. The van der Waals surface area contributed by atoms with Crippen molar-refractivity contribution in [3.63, 3.8) is 0 Å². The average Bonchev–Trinajstić information content (AvgIpc) is 2.80. The number of anilines is 1. The van der Waals surface area contributed by atoms with Crippen molar-refractivity contribution in [1.29, 1.82) is 0 Å². The molecule has 0 bridgehead atoms. The van der Waals surface area contributed by atoms with Crippen molar-refractivity contribution < 1.29 is 0 Å². The molecule has 0 aliphatic rings. The van der Waals surface area contributed by atoms with Crippen LogP contribution >= 0.6 is 0 Å². The zero-order valence-corrected chi connectivity index (χ0v) is 10.9. The van der Waals surface area contributed by atoms with Crippen molar-refractivity contribution in [2.24, 2.45) is 0 Å². The maximum atomic E-state index is 5.89. The largest absolute Gasteiger partial charge is 0.381 e. The zero-order chi connectivity index (χ0) is 13.4. The van der Waals surface area contributed by atoms with Crippen LogP contribution in [-0.4, -0.2) is 20.0 Å². The van der Waals surface area contributed by atoms with Gasteiger partial charge in [0.05, 0.1) is 16.9 Å². The van der Waals surface area contributed by atoms with Gasteiger partial charge in [-0.05, 0) is 30.2 Å². The fourth-order valence-electron chi connectivity index (χ4n) is 2.23. The van der Waals surface area contributed by atoms with E-state index >= 15 is 0 Å². The molecule has 0 aliphatic carbocycles. The Morgan fingerprint density at radius 2 is 2.05 bits per heavy atom. The predicted octanol–water partition coefficient (Wildman–Crippen LogP) is 2.52. The highest BCUT2D eigenvalue weighted by Crippen LogP contribution is 2.24. The predicted molar refractivity (Wildman–Crippen MR) is 75.2 cm³/mol. The molecule has 2 heterocycles. The molecule has 0 spiro atoms. The van der Waals surface area contributed by atoms with Gasteiger partial charge in [-0.2, -0.15) is 0 Å². The fourth-order valence-corrected chi connectivity index (χ4v) is 2.23. The Kier molecular flexibility index (Phi) is 2.67. The lowest BCUT2D eigenvalue weighted by Crippen LogP contribution is -2.05. The van der Waals surface area contributed by atoms with E-state index in [9.17, 15) is 0 Å². The summed E-state index contributed by atoms with van der Waals surface area (Å²) in [4.78, 5) is 4.31. The third-order valence-corrected chi connectivity index (χ3v) is 3.11. The molecule has 1 aromatic carbocycles. The van der Waals surface area contributed by atoms with Crippen LogP contribution < -0.4 is 5.73 Å². The first-order valence-corrected chi connectivity index (χ1v) is 6.23. The Morgan fingerprint density at radius 3 is 2.84 bits per heavy atom. The SMILES string of the molecule is CC(C)c1c(N)nnn1-c1ccc2ncccc2c1. The third-order valence-electron chi connectivity index (χ3n) is 3.11. The second-order valence-corrected chi connectivity index (χ2v) is 4.81. The molecule has 0 saturated carbocycles. The Balaban J connectivity index is 2.19. The van der Waals surface area contributed by atoms with Gasteiger partial charge in [-0.15, -0.1) is 5.10 Å². The number of pyridine rings is 1. The lowest BCUT2D eigenvalue weighted by molar-refractivity contribution is 0.716. The normalized spacial score (nSPS) is 11.3. The van der Waals surface area contributed by atoms with Gasteiger partial charge >= 0.3 is 0 Å². The Hall–Kier alpha value is -2.43. The standard InChI is InChI=1S/C14H15N5/c1-9(2)13-14(15)17-18-19(13)11-5-6-12-10(8-11)4-3-7-16-12/h3-9H,15H2,1-2H3. The molecular weight excluding hydrogens is 238 g/mol. The highest BCUT2D eigenvalue weighted by Gasteiger charge is 2.15. The molecule has 19 heavy (non-hydrogen) atoms. The molecule has 3 rings (SSSR count). The van der Waals surface area contributed by atoms with Gasteiger partial charge in [0.2, 0.25) is 0 Å². The van der Waals surface area contributed by atoms with Gasteiger partial charge in [0.25, 0.3) is 0 Å². The first-order valence-electron chi connectivity index (χ1n) is 6.23. The van der Waals surface area contributed by atoms with E-state index in [4.69, 9.17) is 5.73 Å². The molecule has 3 aromatic rings. The molecule has 0 fully saturated rings. The molecule has 5 nitrogen and oxygen atoms in total. The van der Waals surface area contributed by atoms with Gasteiger partial charge in [0.15, 0.2) is 5.82 Å². The molecular formula is C14H15N5. The number of nitrogens with zero attached hydrogens (tertiary/aromatic N) is 4. The highest BCUT2D eigenvalue weighted by molar-refractivity contribution is 5.80. The number of nitrogens with two attached hydrogens (primary N) is 1. The van der Waals surface area contributed by atoms with E-state index in [1.165, 1.54) is 0 Å². The van der Waals surface area contributed by atoms with E-state index in [1.54, 1.807) is 10.9 Å². The van der Waals surface area contributed by atoms with Crippen LogP contribution in [-0.2, 0) is 0 Å². The van der Waals surface area contributed by atoms with E-state index in [-0.39, 0.29) is 5.92 Å². The van der Waals surface area contributed by atoms with Crippen LogP contribution in [0.15, 0.2) is 36.5 Å². The van der Waals surface area contributed by atoms with Crippen molar-refractivity contribution in [3.05, 3.63) is 42.2 Å². The van der Waals surface area contributed by atoms with Crippen molar-refractivity contribution in [3.8, 4) is 5.69 Å². The second kappa shape index (κ2) is 4.35. The van der Waals surface area contributed by atoms with Gasteiger partial charge in [-0.3, -0.25) is 4.98 Å². The Labute approximate surface area is 111 Å². The summed E-state index contributed by atoms with van der Waals surface area (Å²) in [6.45, 7) is 4.16. The third kappa shape index (κ3) is 1.93. The Bertz CT molecular complexity index is 730. The minimum absolute atomic E-state index is 0.264. The second-order valence-electron chi connectivity index (χ2n) is 4.81. The number of nitrogen functional groups attached to an aromatic ring is 1. The topological polar surface area (TPSA) is 69.6 Å². The van der Waals surface area contributed by atoms with Gasteiger partial charge in [0.1, 0.15) is 0 Å². The number of aromatic nitrogens is 4. The molecule has 0 unspecified atom stereocenters. The van der Waals surface area contributed by atoms with Crippen LogP contribution in [0.25, 0.3) is 16.6 Å². The van der Waals surface area contributed by atoms with Crippen LogP contribution in [0.5, 0.6) is 0 Å². The summed E-state index contributed by atoms with van der Waals surface area (Å²) < 4.78 is 1.80. The van der Waals surface area contributed by atoms with E-state index < -0.39 is 0 Å². The van der Waals surface area contributed by atoms with Gasteiger partial charge < -0.3 is 5.73 Å². The fraction of sp³-hybridized carbons (Fsp3) is 0.214.